The van der Waals surface area contributed by atoms with Crippen LogP contribution in [-0.2, 0) is 0 Å². The van der Waals surface area contributed by atoms with Gasteiger partial charge in [0, 0.05) is 11.1 Å². The van der Waals surface area contributed by atoms with Gasteiger partial charge >= 0.3 is 0 Å². The van der Waals surface area contributed by atoms with E-state index in [0.29, 0.717) is 10.0 Å². The number of hydrogen-bond acceptors (Lipinski definition) is 2. The van der Waals surface area contributed by atoms with Crippen molar-refractivity contribution in [2.24, 2.45) is 0 Å². The lowest BCUT2D eigenvalue weighted by molar-refractivity contribution is 1.13. The van der Waals surface area contributed by atoms with Crippen LogP contribution in [0.4, 0.5) is 0 Å². The molecule has 3 aromatic rings. The minimum atomic E-state index is 0.549. The van der Waals surface area contributed by atoms with Gasteiger partial charge in [-0.1, -0.05) is 65.3 Å². The van der Waals surface area contributed by atoms with Crippen LogP contribution < -0.4 is 0 Å². The first kappa shape index (κ1) is 12.8. The zero-order valence-electron chi connectivity index (χ0n) is 9.81. The molecule has 0 aliphatic heterocycles. The molecule has 4 heteroatoms. The SMILES string of the molecule is Clc1cnc(Sc2ccc3ccccc3c2)c(Cl)c1. The molecular formula is C15H9Cl2NS. The highest BCUT2D eigenvalue weighted by Gasteiger charge is 2.06. The third kappa shape index (κ3) is 2.86. The van der Waals surface area contributed by atoms with Crippen LogP contribution in [0, 0.1) is 0 Å². The van der Waals surface area contributed by atoms with Gasteiger partial charge < -0.3 is 0 Å². The van der Waals surface area contributed by atoms with Crippen LogP contribution in [0.5, 0.6) is 0 Å². The van der Waals surface area contributed by atoms with Crippen molar-refractivity contribution in [3.8, 4) is 0 Å². The van der Waals surface area contributed by atoms with Gasteiger partial charge in [0.2, 0.25) is 0 Å². The van der Waals surface area contributed by atoms with Crippen molar-refractivity contribution in [2.45, 2.75) is 9.92 Å². The molecule has 0 spiro atoms. The maximum absolute atomic E-state index is 6.13. The third-order valence-electron chi connectivity index (χ3n) is 2.71. The highest BCUT2D eigenvalue weighted by Crippen LogP contribution is 2.34. The van der Waals surface area contributed by atoms with Crippen molar-refractivity contribution in [1.82, 2.24) is 4.98 Å². The quantitative estimate of drug-likeness (QED) is 0.603. The monoisotopic (exact) mass is 305 g/mol. The Morgan fingerprint density at radius 1 is 0.895 bits per heavy atom. The summed E-state index contributed by atoms with van der Waals surface area (Å²) >= 11 is 13.5. The van der Waals surface area contributed by atoms with Gasteiger partial charge in [-0.3, -0.25) is 0 Å². The summed E-state index contributed by atoms with van der Waals surface area (Å²) in [6.45, 7) is 0. The van der Waals surface area contributed by atoms with Gasteiger partial charge in [0.05, 0.1) is 10.0 Å². The summed E-state index contributed by atoms with van der Waals surface area (Å²) < 4.78 is 0. The highest BCUT2D eigenvalue weighted by atomic mass is 35.5. The van der Waals surface area contributed by atoms with Gasteiger partial charge in [-0.25, -0.2) is 4.98 Å². The van der Waals surface area contributed by atoms with Gasteiger partial charge in [-0.2, -0.15) is 0 Å². The van der Waals surface area contributed by atoms with Crippen molar-refractivity contribution >= 4 is 45.7 Å². The van der Waals surface area contributed by atoms with Crippen molar-refractivity contribution in [3.63, 3.8) is 0 Å². The average molecular weight is 306 g/mol. The number of rotatable bonds is 2. The Kier molecular flexibility index (Phi) is 3.65. The zero-order chi connectivity index (χ0) is 13.2. The number of pyridine rings is 1. The van der Waals surface area contributed by atoms with Crippen LogP contribution in [0.1, 0.15) is 0 Å². The number of aromatic nitrogens is 1. The second-order valence-corrected chi connectivity index (χ2v) is 5.96. The molecule has 0 unspecified atom stereocenters. The van der Waals surface area contributed by atoms with Crippen LogP contribution in [-0.4, -0.2) is 4.98 Å². The number of benzene rings is 2. The molecule has 1 nitrogen and oxygen atoms in total. The number of nitrogens with zero attached hydrogens (tertiary/aromatic N) is 1. The summed E-state index contributed by atoms with van der Waals surface area (Å²) in [6, 6.07) is 16.3. The van der Waals surface area contributed by atoms with Gasteiger partial charge in [-0.15, -0.1) is 0 Å². The van der Waals surface area contributed by atoms with Crippen LogP contribution in [0.25, 0.3) is 10.8 Å². The van der Waals surface area contributed by atoms with Crippen molar-refractivity contribution in [3.05, 3.63) is 64.8 Å². The van der Waals surface area contributed by atoms with Crippen molar-refractivity contribution in [2.75, 3.05) is 0 Å². The summed E-state index contributed by atoms with van der Waals surface area (Å²) in [4.78, 5) is 5.36. The Balaban J connectivity index is 1.96. The van der Waals surface area contributed by atoms with E-state index in [4.69, 9.17) is 23.2 Å². The molecule has 19 heavy (non-hydrogen) atoms. The summed E-state index contributed by atoms with van der Waals surface area (Å²) in [7, 11) is 0. The molecule has 0 aliphatic rings. The Labute approximate surface area is 125 Å². The van der Waals surface area contributed by atoms with Crippen LogP contribution >= 0.6 is 35.0 Å². The van der Waals surface area contributed by atoms with E-state index in [2.05, 4.69) is 35.3 Å². The van der Waals surface area contributed by atoms with Crippen LogP contribution in [0.2, 0.25) is 10.0 Å². The first-order valence-electron chi connectivity index (χ1n) is 5.70. The zero-order valence-corrected chi connectivity index (χ0v) is 12.1. The minimum absolute atomic E-state index is 0.549. The molecular weight excluding hydrogens is 297 g/mol. The van der Waals surface area contributed by atoms with E-state index in [0.717, 1.165) is 9.92 Å². The van der Waals surface area contributed by atoms with E-state index in [1.807, 2.05) is 12.1 Å². The standard InChI is InChI=1S/C15H9Cl2NS/c16-12-8-14(17)15(18-9-12)19-13-6-5-10-3-1-2-4-11(10)7-13/h1-9H. The maximum atomic E-state index is 6.13. The summed E-state index contributed by atoms with van der Waals surface area (Å²) in [5.41, 5.74) is 0. The molecule has 1 aromatic heterocycles. The molecule has 0 saturated carbocycles. The number of halogens is 2. The van der Waals surface area contributed by atoms with Gasteiger partial charge in [0.15, 0.2) is 0 Å². The second kappa shape index (κ2) is 5.41. The first-order valence-corrected chi connectivity index (χ1v) is 7.27. The molecule has 0 saturated heterocycles. The molecule has 0 atom stereocenters. The molecule has 0 amide bonds. The lowest BCUT2D eigenvalue weighted by Gasteiger charge is -2.05. The van der Waals surface area contributed by atoms with E-state index >= 15 is 0 Å². The molecule has 94 valence electrons. The molecule has 1 heterocycles. The fourth-order valence-electron chi connectivity index (χ4n) is 1.82. The van der Waals surface area contributed by atoms with Gasteiger partial charge in [0.1, 0.15) is 5.03 Å². The van der Waals surface area contributed by atoms with Crippen molar-refractivity contribution < 1.29 is 0 Å². The topological polar surface area (TPSA) is 12.9 Å². The summed E-state index contributed by atoms with van der Waals surface area (Å²) in [5, 5.41) is 4.32. The summed E-state index contributed by atoms with van der Waals surface area (Å²) in [6.07, 6.45) is 1.61. The number of hydrogen-bond donors (Lipinski definition) is 0. The summed E-state index contributed by atoms with van der Waals surface area (Å²) in [5.74, 6) is 0. The van der Waals surface area contributed by atoms with Crippen molar-refractivity contribution in [1.29, 1.82) is 0 Å². The Morgan fingerprint density at radius 2 is 1.68 bits per heavy atom. The van der Waals surface area contributed by atoms with Crippen LogP contribution in [0.15, 0.2) is 64.6 Å². The molecule has 0 fully saturated rings. The number of fused-ring (bicyclic) bond motifs is 1. The minimum Gasteiger partial charge on any atom is -0.246 e. The predicted octanol–water partition coefficient (Wildman–Crippen LogP) is 5.69. The van der Waals surface area contributed by atoms with E-state index in [1.54, 1.807) is 12.3 Å². The molecule has 0 radical (unpaired) electrons. The lowest BCUT2D eigenvalue weighted by Crippen LogP contribution is -1.82. The molecule has 3 rings (SSSR count). The maximum Gasteiger partial charge on any atom is 0.119 e. The van der Waals surface area contributed by atoms with Crippen LogP contribution in [0.3, 0.4) is 0 Å². The fraction of sp³-hybridized carbons (Fsp3) is 0. The largest absolute Gasteiger partial charge is 0.246 e. The van der Waals surface area contributed by atoms with Gasteiger partial charge in [-0.05, 0) is 29.0 Å². The Bertz CT molecular complexity index is 743. The predicted molar refractivity (Wildman–Crippen MR) is 82.3 cm³/mol. The fourth-order valence-corrected chi connectivity index (χ4v) is 3.12. The molecule has 0 N–H and O–H groups in total. The van der Waals surface area contributed by atoms with Gasteiger partial charge in [0.25, 0.3) is 0 Å². The average Bonchev–Trinajstić information content (AvgIpc) is 2.42. The van der Waals surface area contributed by atoms with E-state index in [-0.39, 0.29) is 0 Å². The first-order chi connectivity index (χ1) is 9.22. The molecule has 2 aromatic carbocycles. The third-order valence-corrected chi connectivity index (χ3v) is 4.32. The second-order valence-electron chi connectivity index (χ2n) is 4.05. The van der Waals surface area contributed by atoms with E-state index in [9.17, 15) is 0 Å². The lowest BCUT2D eigenvalue weighted by atomic mass is 10.1. The Morgan fingerprint density at radius 3 is 2.47 bits per heavy atom. The Hall–Kier alpha value is -1.22. The van der Waals surface area contributed by atoms with E-state index < -0.39 is 0 Å². The highest BCUT2D eigenvalue weighted by molar-refractivity contribution is 7.99. The molecule has 0 aliphatic carbocycles. The molecule has 0 bridgehead atoms. The van der Waals surface area contributed by atoms with E-state index in [1.165, 1.54) is 22.5 Å². The normalized spacial score (nSPS) is 10.8. The smallest absolute Gasteiger partial charge is 0.119 e.